The summed E-state index contributed by atoms with van der Waals surface area (Å²) in [7, 11) is 0. The van der Waals surface area contributed by atoms with Crippen molar-refractivity contribution in [1.82, 2.24) is 4.90 Å². The molecule has 1 fully saturated rings. The highest BCUT2D eigenvalue weighted by atomic mass is 79.9. The second kappa shape index (κ2) is 7.34. The van der Waals surface area contributed by atoms with Crippen molar-refractivity contribution < 1.29 is 4.79 Å². The molecule has 0 radical (unpaired) electrons. The number of likely N-dealkylation sites (tertiary alicyclic amines) is 1. The maximum absolute atomic E-state index is 12.1. The van der Waals surface area contributed by atoms with E-state index in [4.69, 9.17) is 0 Å². The van der Waals surface area contributed by atoms with Crippen molar-refractivity contribution in [2.24, 2.45) is 5.92 Å². The zero-order valence-corrected chi connectivity index (χ0v) is 13.7. The number of hydrogen-bond acceptors (Lipinski definition) is 2. The van der Waals surface area contributed by atoms with E-state index in [1.807, 2.05) is 23.1 Å². The Bertz CT molecular complexity index is 438. The van der Waals surface area contributed by atoms with Crippen LogP contribution in [0.5, 0.6) is 0 Å². The van der Waals surface area contributed by atoms with Crippen molar-refractivity contribution in [3.8, 4) is 0 Å². The topological polar surface area (TPSA) is 20.3 Å². The molecule has 1 amide bonds. The Kier molecular flexibility index (Phi) is 5.76. The summed E-state index contributed by atoms with van der Waals surface area (Å²) >= 11 is 5.24. The van der Waals surface area contributed by atoms with Crippen molar-refractivity contribution in [3.63, 3.8) is 0 Å². The molecule has 1 aliphatic rings. The van der Waals surface area contributed by atoms with Gasteiger partial charge in [-0.05, 0) is 30.4 Å². The van der Waals surface area contributed by atoms with Crippen LogP contribution >= 0.6 is 27.7 Å². The Morgan fingerprint density at radius 1 is 1.47 bits per heavy atom. The van der Waals surface area contributed by atoms with Crippen LogP contribution in [0.15, 0.2) is 28.7 Å². The second-order valence-electron chi connectivity index (χ2n) is 5.17. The van der Waals surface area contributed by atoms with Crippen molar-refractivity contribution >= 4 is 33.6 Å². The van der Waals surface area contributed by atoms with Gasteiger partial charge in [0.15, 0.2) is 0 Å². The summed E-state index contributed by atoms with van der Waals surface area (Å²) in [5.41, 5.74) is 1.26. The summed E-state index contributed by atoms with van der Waals surface area (Å²) < 4.78 is 1.13. The zero-order chi connectivity index (χ0) is 13.7. The number of halogens is 1. The molecular weight excluding hydrogens is 322 g/mol. The molecule has 2 rings (SSSR count). The van der Waals surface area contributed by atoms with Crippen LogP contribution < -0.4 is 0 Å². The Balaban J connectivity index is 1.76. The van der Waals surface area contributed by atoms with E-state index in [0.29, 0.717) is 17.6 Å². The maximum Gasteiger partial charge on any atom is 0.232 e. The lowest BCUT2D eigenvalue weighted by molar-refractivity contribution is -0.130. The van der Waals surface area contributed by atoms with Crippen molar-refractivity contribution in [2.75, 3.05) is 18.8 Å². The van der Waals surface area contributed by atoms with E-state index < -0.39 is 0 Å². The quantitative estimate of drug-likeness (QED) is 0.826. The molecule has 1 heterocycles. The number of piperidine rings is 1. The van der Waals surface area contributed by atoms with Gasteiger partial charge in [0.25, 0.3) is 0 Å². The molecule has 0 spiro atoms. The van der Waals surface area contributed by atoms with Crippen LogP contribution in [-0.2, 0) is 10.5 Å². The smallest absolute Gasteiger partial charge is 0.232 e. The summed E-state index contributed by atoms with van der Waals surface area (Å²) in [4.78, 5) is 14.1. The van der Waals surface area contributed by atoms with E-state index in [-0.39, 0.29) is 0 Å². The number of carbonyl (C=O) groups excluding carboxylic acids is 1. The fourth-order valence-electron chi connectivity index (χ4n) is 2.37. The standard InChI is InChI=1S/C15H20BrNOS/c1-12-5-4-8-17(9-12)15(18)11-19-10-13-6-2-3-7-14(13)16/h2-3,6-7,12H,4-5,8-11H2,1H3. The molecule has 2 nitrogen and oxygen atoms in total. The summed E-state index contributed by atoms with van der Waals surface area (Å²) in [6.45, 7) is 4.11. The van der Waals surface area contributed by atoms with E-state index in [1.54, 1.807) is 11.8 Å². The SMILES string of the molecule is CC1CCCN(C(=O)CSCc2ccccc2Br)C1. The Hall–Kier alpha value is -0.480. The number of nitrogens with zero attached hydrogens (tertiary/aromatic N) is 1. The molecule has 0 aliphatic carbocycles. The first kappa shape index (κ1) is 14.9. The Labute approximate surface area is 128 Å². The minimum absolute atomic E-state index is 0.295. The van der Waals surface area contributed by atoms with Crippen LogP contribution in [0.2, 0.25) is 0 Å². The van der Waals surface area contributed by atoms with Gasteiger partial charge in [0.05, 0.1) is 5.75 Å². The van der Waals surface area contributed by atoms with Gasteiger partial charge in [-0.1, -0.05) is 41.1 Å². The Morgan fingerprint density at radius 2 is 2.26 bits per heavy atom. The van der Waals surface area contributed by atoms with Gasteiger partial charge in [0, 0.05) is 23.3 Å². The summed E-state index contributed by atoms with van der Waals surface area (Å²) in [6, 6.07) is 8.20. The van der Waals surface area contributed by atoms with Crippen LogP contribution in [0.3, 0.4) is 0 Å². The highest BCUT2D eigenvalue weighted by Crippen LogP contribution is 2.22. The monoisotopic (exact) mass is 341 g/mol. The largest absolute Gasteiger partial charge is 0.342 e. The van der Waals surface area contributed by atoms with Gasteiger partial charge in [-0.15, -0.1) is 11.8 Å². The normalized spacial score (nSPS) is 19.5. The molecule has 19 heavy (non-hydrogen) atoms. The lowest BCUT2D eigenvalue weighted by Gasteiger charge is -2.30. The van der Waals surface area contributed by atoms with Crippen LogP contribution in [0, 0.1) is 5.92 Å². The van der Waals surface area contributed by atoms with Crippen molar-refractivity contribution in [1.29, 1.82) is 0 Å². The third-order valence-corrected chi connectivity index (χ3v) is 5.19. The van der Waals surface area contributed by atoms with Crippen LogP contribution in [0.25, 0.3) is 0 Å². The fourth-order valence-corrected chi connectivity index (χ4v) is 3.91. The van der Waals surface area contributed by atoms with Crippen molar-refractivity contribution in [3.05, 3.63) is 34.3 Å². The molecule has 4 heteroatoms. The third-order valence-electron chi connectivity index (χ3n) is 3.45. The molecule has 1 unspecified atom stereocenters. The number of benzene rings is 1. The molecular formula is C15H20BrNOS. The third kappa shape index (κ3) is 4.53. The van der Waals surface area contributed by atoms with Gasteiger partial charge in [0.2, 0.25) is 5.91 Å². The first-order valence-electron chi connectivity index (χ1n) is 6.75. The predicted molar refractivity (Wildman–Crippen MR) is 85.3 cm³/mol. The van der Waals surface area contributed by atoms with E-state index in [2.05, 4.69) is 28.9 Å². The summed E-state index contributed by atoms with van der Waals surface area (Å²) in [5, 5.41) is 0. The van der Waals surface area contributed by atoms with E-state index in [1.165, 1.54) is 12.0 Å². The highest BCUT2D eigenvalue weighted by molar-refractivity contribution is 9.10. The number of hydrogen-bond donors (Lipinski definition) is 0. The first-order valence-corrected chi connectivity index (χ1v) is 8.70. The first-order chi connectivity index (χ1) is 9.16. The molecule has 0 bridgehead atoms. The predicted octanol–water partition coefficient (Wildman–Crippen LogP) is 3.94. The van der Waals surface area contributed by atoms with E-state index in [0.717, 1.165) is 29.7 Å². The molecule has 0 aromatic heterocycles. The van der Waals surface area contributed by atoms with Crippen molar-refractivity contribution in [2.45, 2.75) is 25.5 Å². The molecule has 1 saturated heterocycles. The molecule has 1 aromatic carbocycles. The summed E-state index contributed by atoms with van der Waals surface area (Å²) in [5.74, 6) is 2.43. The van der Waals surface area contributed by atoms with Gasteiger partial charge in [-0.25, -0.2) is 0 Å². The van der Waals surface area contributed by atoms with Gasteiger partial charge < -0.3 is 4.90 Å². The second-order valence-corrected chi connectivity index (χ2v) is 7.01. The Morgan fingerprint density at radius 3 is 3.00 bits per heavy atom. The number of rotatable bonds is 4. The average molecular weight is 342 g/mol. The molecule has 1 aliphatic heterocycles. The lowest BCUT2D eigenvalue weighted by atomic mass is 10.0. The summed E-state index contributed by atoms with van der Waals surface area (Å²) in [6.07, 6.45) is 2.41. The van der Waals surface area contributed by atoms with Gasteiger partial charge in [0.1, 0.15) is 0 Å². The van der Waals surface area contributed by atoms with Gasteiger partial charge in [-0.2, -0.15) is 0 Å². The van der Waals surface area contributed by atoms with E-state index >= 15 is 0 Å². The van der Waals surface area contributed by atoms with E-state index in [9.17, 15) is 4.79 Å². The zero-order valence-electron chi connectivity index (χ0n) is 11.3. The number of amides is 1. The fraction of sp³-hybridized carbons (Fsp3) is 0.533. The average Bonchev–Trinajstić information content (AvgIpc) is 2.41. The molecule has 1 aromatic rings. The minimum Gasteiger partial charge on any atom is -0.342 e. The van der Waals surface area contributed by atoms with Gasteiger partial charge >= 0.3 is 0 Å². The highest BCUT2D eigenvalue weighted by Gasteiger charge is 2.20. The molecule has 1 atom stereocenters. The van der Waals surface area contributed by atoms with Gasteiger partial charge in [-0.3, -0.25) is 4.79 Å². The molecule has 104 valence electrons. The molecule has 0 N–H and O–H groups in total. The minimum atomic E-state index is 0.295. The lowest BCUT2D eigenvalue weighted by Crippen LogP contribution is -2.40. The van der Waals surface area contributed by atoms with Crippen LogP contribution in [0.1, 0.15) is 25.3 Å². The molecule has 0 saturated carbocycles. The van der Waals surface area contributed by atoms with Crippen LogP contribution in [-0.4, -0.2) is 29.6 Å². The number of thioether (sulfide) groups is 1. The van der Waals surface area contributed by atoms with Crippen LogP contribution in [0.4, 0.5) is 0 Å². The maximum atomic E-state index is 12.1. The number of carbonyl (C=O) groups is 1.